The van der Waals surface area contributed by atoms with Crippen molar-refractivity contribution in [3.8, 4) is 0 Å². The van der Waals surface area contributed by atoms with E-state index in [0.29, 0.717) is 18.6 Å². The smallest absolute Gasteiger partial charge is 0.326 e. The van der Waals surface area contributed by atoms with Crippen molar-refractivity contribution in [2.45, 2.75) is 71.1 Å². The Morgan fingerprint density at radius 1 is 0.875 bits per heavy atom. The molecule has 184 valence electrons. The van der Waals surface area contributed by atoms with E-state index in [9.17, 15) is 24.0 Å². The lowest BCUT2D eigenvalue weighted by molar-refractivity contribution is -0.147. The van der Waals surface area contributed by atoms with Crippen molar-refractivity contribution in [2.24, 2.45) is 17.6 Å². The van der Waals surface area contributed by atoms with Crippen LogP contribution in [-0.2, 0) is 24.0 Å². The summed E-state index contributed by atoms with van der Waals surface area (Å²) >= 11 is 1.48. The molecule has 0 aliphatic rings. The molecule has 12 heteroatoms. The average Bonchev–Trinajstić information content (AvgIpc) is 2.66. The number of thioether (sulfide) groups is 1. The summed E-state index contributed by atoms with van der Waals surface area (Å²) in [4.78, 5) is 60.0. The van der Waals surface area contributed by atoms with E-state index in [0.717, 1.165) is 0 Å². The van der Waals surface area contributed by atoms with Gasteiger partial charge >= 0.3 is 11.9 Å². The minimum atomic E-state index is -1.64. The van der Waals surface area contributed by atoms with E-state index in [4.69, 9.17) is 15.9 Å². The van der Waals surface area contributed by atoms with Gasteiger partial charge in [0.1, 0.15) is 18.1 Å². The summed E-state index contributed by atoms with van der Waals surface area (Å²) < 4.78 is 0. The van der Waals surface area contributed by atoms with Crippen molar-refractivity contribution in [3.63, 3.8) is 0 Å². The van der Waals surface area contributed by atoms with Gasteiger partial charge in [-0.3, -0.25) is 19.2 Å². The minimum absolute atomic E-state index is 0.191. The molecule has 0 aromatic heterocycles. The van der Waals surface area contributed by atoms with E-state index >= 15 is 0 Å². The van der Waals surface area contributed by atoms with E-state index in [2.05, 4.69) is 16.0 Å². The van der Waals surface area contributed by atoms with Crippen LogP contribution in [0.4, 0.5) is 0 Å². The zero-order chi connectivity index (χ0) is 25.0. The maximum atomic E-state index is 12.9. The van der Waals surface area contributed by atoms with Gasteiger partial charge in [0.25, 0.3) is 0 Å². The van der Waals surface area contributed by atoms with Gasteiger partial charge in [-0.05, 0) is 36.7 Å². The number of nitrogens with two attached hydrogens (primary N) is 1. The third-order valence-electron chi connectivity index (χ3n) is 4.55. The van der Waals surface area contributed by atoms with Gasteiger partial charge in [0.2, 0.25) is 17.7 Å². The molecule has 32 heavy (non-hydrogen) atoms. The largest absolute Gasteiger partial charge is 0.481 e. The highest BCUT2D eigenvalue weighted by Crippen LogP contribution is 2.08. The normalized spacial score (nSPS) is 14.9. The number of carboxylic acids is 2. The Morgan fingerprint density at radius 2 is 1.44 bits per heavy atom. The molecule has 0 bridgehead atoms. The molecule has 3 amide bonds. The molecule has 0 aromatic rings. The molecule has 0 aliphatic carbocycles. The highest BCUT2D eigenvalue weighted by atomic mass is 32.2. The van der Waals surface area contributed by atoms with Gasteiger partial charge in [-0.25, -0.2) is 4.79 Å². The zero-order valence-electron chi connectivity index (χ0n) is 19.2. The highest BCUT2D eigenvalue weighted by molar-refractivity contribution is 7.98. The number of carboxylic acid groups (broad SMARTS) is 2. The van der Waals surface area contributed by atoms with Crippen LogP contribution in [0.25, 0.3) is 0 Å². The van der Waals surface area contributed by atoms with Crippen LogP contribution >= 0.6 is 11.8 Å². The average molecular weight is 477 g/mol. The van der Waals surface area contributed by atoms with Crippen LogP contribution in [0, 0.1) is 11.8 Å². The number of aliphatic carboxylic acids is 2. The first-order valence-electron chi connectivity index (χ1n) is 10.4. The third-order valence-corrected chi connectivity index (χ3v) is 5.19. The van der Waals surface area contributed by atoms with Gasteiger partial charge in [-0.15, -0.1) is 0 Å². The van der Waals surface area contributed by atoms with Crippen LogP contribution in [0.1, 0.15) is 47.0 Å². The predicted octanol–water partition coefficient (Wildman–Crippen LogP) is -0.217. The molecular formula is C20H36N4O7S. The Labute approximate surface area is 192 Å². The van der Waals surface area contributed by atoms with Crippen LogP contribution in [0.15, 0.2) is 0 Å². The Kier molecular flexibility index (Phi) is 13.6. The van der Waals surface area contributed by atoms with Crippen molar-refractivity contribution in [1.82, 2.24) is 16.0 Å². The van der Waals surface area contributed by atoms with Crippen molar-refractivity contribution >= 4 is 41.4 Å². The molecule has 0 fully saturated rings. The summed E-state index contributed by atoms with van der Waals surface area (Å²) in [6.07, 6.45) is 1.79. The first-order chi connectivity index (χ1) is 14.8. The van der Waals surface area contributed by atoms with Crippen molar-refractivity contribution in [2.75, 3.05) is 12.0 Å². The molecule has 4 atom stereocenters. The second-order valence-electron chi connectivity index (χ2n) is 8.31. The Balaban J connectivity index is 5.38. The molecular weight excluding hydrogens is 440 g/mol. The summed E-state index contributed by atoms with van der Waals surface area (Å²) in [5.41, 5.74) is 5.90. The molecule has 0 heterocycles. The van der Waals surface area contributed by atoms with E-state index < -0.39 is 66.2 Å². The molecule has 0 rings (SSSR count). The van der Waals surface area contributed by atoms with Crippen molar-refractivity contribution in [3.05, 3.63) is 0 Å². The van der Waals surface area contributed by atoms with E-state index in [-0.39, 0.29) is 5.92 Å². The van der Waals surface area contributed by atoms with Gasteiger partial charge in [0, 0.05) is 0 Å². The first kappa shape index (κ1) is 29.7. The predicted molar refractivity (Wildman–Crippen MR) is 121 cm³/mol. The lowest BCUT2D eigenvalue weighted by atomic mass is 10.0. The van der Waals surface area contributed by atoms with Crippen molar-refractivity contribution in [1.29, 1.82) is 0 Å². The summed E-state index contributed by atoms with van der Waals surface area (Å²) in [7, 11) is 0. The van der Waals surface area contributed by atoms with Crippen LogP contribution in [0.5, 0.6) is 0 Å². The fourth-order valence-electron chi connectivity index (χ4n) is 2.82. The molecule has 0 saturated carbocycles. The quantitative estimate of drug-likeness (QED) is 0.186. The van der Waals surface area contributed by atoms with Crippen LogP contribution < -0.4 is 21.7 Å². The summed E-state index contributed by atoms with van der Waals surface area (Å²) in [5.74, 6) is -4.47. The van der Waals surface area contributed by atoms with E-state index in [1.807, 2.05) is 20.1 Å². The molecule has 0 saturated heterocycles. The van der Waals surface area contributed by atoms with E-state index in [1.54, 1.807) is 13.8 Å². The lowest BCUT2D eigenvalue weighted by Crippen LogP contribution is -2.58. The highest BCUT2D eigenvalue weighted by Gasteiger charge is 2.32. The van der Waals surface area contributed by atoms with Gasteiger partial charge in [-0.1, -0.05) is 27.7 Å². The Hall–Kier alpha value is -2.34. The number of amides is 3. The number of hydrogen-bond donors (Lipinski definition) is 6. The molecule has 0 aromatic carbocycles. The molecule has 7 N–H and O–H groups in total. The number of rotatable bonds is 15. The summed E-state index contributed by atoms with van der Waals surface area (Å²) in [5, 5.41) is 25.3. The third kappa shape index (κ3) is 11.3. The van der Waals surface area contributed by atoms with Crippen LogP contribution in [0.2, 0.25) is 0 Å². The zero-order valence-corrected chi connectivity index (χ0v) is 20.0. The van der Waals surface area contributed by atoms with Gasteiger partial charge in [0.15, 0.2) is 0 Å². The Morgan fingerprint density at radius 3 is 1.88 bits per heavy atom. The molecule has 0 spiro atoms. The van der Waals surface area contributed by atoms with E-state index in [1.165, 1.54) is 11.8 Å². The summed E-state index contributed by atoms with van der Waals surface area (Å²) in [6.45, 7) is 7.13. The second kappa shape index (κ2) is 14.7. The number of carbonyl (C=O) groups excluding carboxylic acids is 3. The SMILES string of the molecule is CSCCC(NC(=O)C(N)CC(C)C)C(=O)NC(C(=O)NC(CC(=O)O)C(=O)O)C(C)C. The molecule has 0 radical (unpaired) electrons. The maximum Gasteiger partial charge on any atom is 0.326 e. The Bertz CT molecular complexity index is 672. The molecule has 4 unspecified atom stereocenters. The number of hydrogen-bond acceptors (Lipinski definition) is 7. The fourth-order valence-corrected chi connectivity index (χ4v) is 3.29. The van der Waals surface area contributed by atoms with Gasteiger partial charge in [-0.2, -0.15) is 11.8 Å². The van der Waals surface area contributed by atoms with Gasteiger partial charge < -0.3 is 31.9 Å². The summed E-state index contributed by atoms with van der Waals surface area (Å²) in [6, 6.07) is -4.48. The monoisotopic (exact) mass is 476 g/mol. The number of nitrogens with one attached hydrogen (secondary N) is 3. The van der Waals surface area contributed by atoms with Gasteiger partial charge in [0.05, 0.1) is 12.5 Å². The minimum Gasteiger partial charge on any atom is -0.481 e. The fraction of sp³-hybridized carbons (Fsp3) is 0.750. The van der Waals surface area contributed by atoms with Crippen LogP contribution in [-0.4, -0.2) is 76.0 Å². The maximum absolute atomic E-state index is 12.9. The topological polar surface area (TPSA) is 188 Å². The lowest BCUT2D eigenvalue weighted by Gasteiger charge is -2.27. The number of carbonyl (C=O) groups is 5. The molecule has 0 aliphatic heterocycles. The first-order valence-corrected chi connectivity index (χ1v) is 11.8. The van der Waals surface area contributed by atoms with Crippen molar-refractivity contribution < 1.29 is 34.2 Å². The van der Waals surface area contributed by atoms with Crippen LogP contribution in [0.3, 0.4) is 0 Å². The second-order valence-corrected chi connectivity index (χ2v) is 9.29. The standard InChI is InChI=1S/C20H36N4O7S/c1-10(2)8-12(21)17(27)22-13(6-7-32-5)18(28)24-16(11(3)4)19(29)23-14(20(30)31)9-15(25)26/h10-14,16H,6-9,21H2,1-5H3,(H,22,27)(H,23,29)(H,24,28)(H,25,26)(H,30,31). The molecule has 11 nitrogen and oxygen atoms in total.